The largest absolute Gasteiger partial charge is 0.488 e. The van der Waals surface area contributed by atoms with Gasteiger partial charge in [0, 0.05) is 13.1 Å². The standard InChI is InChI=1S/C14H18FNO4/c1-18-14(17)9-16-6-7-19-11(8-16)10-20-13-5-3-2-4-12(13)15/h2-5,11H,6-10H2,1H3/t11-/m1/s1. The Morgan fingerprint density at radius 3 is 3.05 bits per heavy atom. The van der Waals surface area contributed by atoms with Gasteiger partial charge in [0.05, 0.1) is 20.3 Å². The number of methoxy groups -OCH3 is 1. The van der Waals surface area contributed by atoms with Crippen LogP contribution in [0.1, 0.15) is 0 Å². The molecule has 1 aromatic rings. The Labute approximate surface area is 117 Å². The lowest BCUT2D eigenvalue weighted by Gasteiger charge is -2.31. The fourth-order valence-corrected chi connectivity index (χ4v) is 2.02. The molecule has 0 unspecified atom stereocenters. The van der Waals surface area contributed by atoms with E-state index < -0.39 is 5.82 Å². The summed E-state index contributed by atoms with van der Waals surface area (Å²) in [5, 5.41) is 0. The van der Waals surface area contributed by atoms with E-state index in [4.69, 9.17) is 9.47 Å². The number of halogens is 1. The van der Waals surface area contributed by atoms with Crippen LogP contribution in [-0.4, -0.2) is 56.9 Å². The SMILES string of the molecule is COC(=O)CN1CCO[C@@H](COc2ccccc2F)C1. The molecule has 0 spiro atoms. The molecule has 110 valence electrons. The van der Waals surface area contributed by atoms with Gasteiger partial charge < -0.3 is 14.2 Å². The number of para-hydroxylation sites is 1. The normalized spacial score (nSPS) is 19.6. The van der Waals surface area contributed by atoms with Gasteiger partial charge >= 0.3 is 5.97 Å². The number of nitrogens with zero attached hydrogens (tertiary/aromatic N) is 1. The van der Waals surface area contributed by atoms with Crippen molar-refractivity contribution in [1.82, 2.24) is 4.90 Å². The minimum Gasteiger partial charge on any atom is -0.488 e. The zero-order valence-corrected chi connectivity index (χ0v) is 11.4. The van der Waals surface area contributed by atoms with E-state index in [0.717, 1.165) is 0 Å². The van der Waals surface area contributed by atoms with Crippen molar-refractivity contribution >= 4 is 5.97 Å². The van der Waals surface area contributed by atoms with Crippen LogP contribution in [0.25, 0.3) is 0 Å². The van der Waals surface area contributed by atoms with Crippen LogP contribution in [0.15, 0.2) is 24.3 Å². The average Bonchev–Trinajstić information content (AvgIpc) is 2.47. The molecule has 1 aliphatic rings. The molecule has 0 N–H and O–H groups in total. The molecule has 1 aliphatic heterocycles. The van der Waals surface area contributed by atoms with Gasteiger partial charge in [-0.15, -0.1) is 0 Å². The predicted octanol–water partition coefficient (Wildman–Crippen LogP) is 1.08. The highest BCUT2D eigenvalue weighted by atomic mass is 19.1. The van der Waals surface area contributed by atoms with Crippen molar-refractivity contribution in [2.75, 3.05) is 40.0 Å². The van der Waals surface area contributed by atoms with E-state index in [1.807, 2.05) is 4.90 Å². The van der Waals surface area contributed by atoms with E-state index in [1.54, 1.807) is 18.2 Å². The van der Waals surface area contributed by atoms with Gasteiger partial charge in [-0.2, -0.15) is 0 Å². The van der Waals surface area contributed by atoms with E-state index in [1.165, 1.54) is 13.2 Å². The van der Waals surface area contributed by atoms with Crippen LogP contribution in [0.2, 0.25) is 0 Å². The lowest BCUT2D eigenvalue weighted by Crippen LogP contribution is -2.46. The summed E-state index contributed by atoms with van der Waals surface area (Å²) in [7, 11) is 1.36. The van der Waals surface area contributed by atoms with Crippen molar-refractivity contribution in [3.05, 3.63) is 30.1 Å². The highest BCUT2D eigenvalue weighted by Gasteiger charge is 2.23. The van der Waals surface area contributed by atoms with E-state index in [0.29, 0.717) is 19.7 Å². The Morgan fingerprint density at radius 1 is 1.50 bits per heavy atom. The van der Waals surface area contributed by atoms with Crippen LogP contribution in [0.4, 0.5) is 4.39 Å². The first-order chi connectivity index (χ1) is 9.69. The first-order valence-electron chi connectivity index (χ1n) is 6.47. The number of hydrogen-bond donors (Lipinski definition) is 0. The molecule has 0 amide bonds. The van der Waals surface area contributed by atoms with Crippen molar-refractivity contribution in [2.24, 2.45) is 0 Å². The fourth-order valence-electron chi connectivity index (χ4n) is 2.02. The maximum atomic E-state index is 13.4. The van der Waals surface area contributed by atoms with Gasteiger partial charge in [0.2, 0.25) is 0 Å². The second kappa shape index (κ2) is 7.21. The summed E-state index contributed by atoms with van der Waals surface area (Å²) in [6.07, 6.45) is -0.187. The topological polar surface area (TPSA) is 48.0 Å². The van der Waals surface area contributed by atoms with Crippen molar-refractivity contribution < 1.29 is 23.4 Å². The lowest BCUT2D eigenvalue weighted by atomic mass is 10.3. The molecule has 1 atom stereocenters. The van der Waals surface area contributed by atoms with E-state index >= 15 is 0 Å². The molecule has 0 radical (unpaired) electrons. The first kappa shape index (κ1) is 14.7. The molecule has 0 aromatic heterocycles. The van der Waals surface area contributed by atoms with E-state index in [9.17, 15) is 9.18 Å². The van der Waals surface area contributed by atoms with Gasteiger partial charge in [-0.25, -0.2) is 4.39 Å². The molecule has 2 rings (SSSR count). The van der Waals surface area contributed by atoms with E-state index in [2.05, 4.69) is 4.74 Å². The molecule has 0 bridgehead atoms. The molecule has 0 saturated carbocycles. The van der Waals surface area contributed by atoms with Crippen LogP contribution in [0, 0.1) is 5.82 Å². The van der Waals surface area contributed by atoms with Crippen molar-refractivity contribution in [3.63, 3.8) is 0 Å². The maximum absolute atomic E-state index is 13.4. The van der Waals surface area contributed by atoms with Gasteiger partial charge in [0.1, 0.15) is 12.7 Å². The summed E-state index contributed by atoms with van der Waals surface area (Å²) >= 11 is 0. The van der Waals surface area contributed by atoms with Crippen LogP contribution >= 0.6 is 0 Å². The van der Waals surface area contributed by atoms with Gasteiger partial charge in [0.25, 0.3) is 0 Å². The second-order valence-corrected chi connectivity index (χ2v) is 4.55. The van der Waals surface area contributed by atoms with Crippen molar-refractivity contribution in [1.29, 1.82) is 0 Å². The zero-order valence-electron chi connectivity index (χ0n) is 11.4. The third-order valence-corrected chi connectivity index (χ3v) is 3.06. The van der Waals surface area contributed by atoms with Gasteiger partial charge in [0.15, 0.2) is 11.6 Å². The van der Waals surface area contributed by atoms with Crippen LogP contribution in [0.3, 0.4) is 0 Å². The smallest absolute Gasteiger partial charge is 0.319 e. The molecule has 1 fully saturated rings. The highest BCUT2D eigenvalue weighted by Crippen LogP contribution is 2.16. The molecule has 1 heterocycles. The Hall–Kier alpha value is -1.66. The Bertz CT molecular complexity index is 455. The molecular weight excluding hydrogens is 265 g/mol. The van der Waals surface area contributed by atoms with Crippen LogP contribution in [-0.2, 0) is 14.3 Å². The van der Waals surface area contributed by atoms with E-state index in [-0.39, 0.29) is 31.0 Å². The number of carbonyl (C=O) groups is 1. The number of ether oxygens (including phenoxy) is 3. The number of morpholine rings is 1. The summed E-state index contributed by atoms with van der Waals surface area (Å²) in [6.45, 7) is 2.23. The fraction of sp³-hybridized carbons (Fsp3) is 0.500. The third kappa shape index (κ3) is 4.18. The number of esters is 1. The molecule has 5 nitrogen and oxygen atoms in total. The summed E-state index contributed by atoms with van der Waals surface area (Å²) in [5.41, 5.74) is 0. The summed E-state index contributed by atoms with van der Waals surface area (Å²) in [5.74, 6) is -0.461. The van der Waals surface area contributed by atoms with Gasteiger partial charge in [-0.1, -0.05) is 12.1 Å². The highest BCUT2D eigenvalue weighted by molar-refractivity contribution is 5.71. The second-order valence-electron chi connectivity index (χ2n) is 4.55. The van der Waals surface area contributed by atoms with Crippen LogP contribution < -0.4 is 4.74 Å². The van der Waals surface area contributed by atoms with Gasteiger partial charge in [-0.3, -0.25) is 9.69 Å². The quantitative estimate of drug-likeness (QED) is 0.757. The van der Waals surface area contributed by atoms with Crippen molar-refractivity contribution in [2.45, 2.75) is 6.10 Å². The molecule has 0 aliphatic carbocycles. The molecule has 1 saturated heterocycles. The Morgan fingerprint density at radius 2 is 2.30 bits per heavy atom. The third-order valence-electron chi connectivity index (χ3n) is 3.06. The number of hydrogen-bond acceptors (Lipinski definition) is 5. The minimum absolute atomic E-state index is 0.187. The Balaban J connectivity index is 1.81. The maximum Gasteiger partial charge on any atom is 0.319 e. The van der Waals surface area contributed by atoms with Crippen LogP contribution in [0.5, 0.6) is 5.75 Å². The van der Waals surface area contributed by atoms with Gasteiger partial charge in [-0.05, 0) is 12.1 Å². The summed E-state index contributed by atoms with van der Waals surface area (Å²) in [4.78, 5) is 13.2. The number of rotatable bonds is 5. The summed E-state index contributed by atoms with van der Waals surface area (Å²) in [6, 6.07) is 6.24. The zero-order chi connectivity index (χ0) is 14.4. The first-order valence-corrected chi connectivity index (χ1v) is 6.47. The summed E-state index contributed by atoms with van der Waals surface area (Å²) < 4.78 is 29.0. The van der Waals surface area contributed by atoms with Crippen molar-refractivity contribution in [3.8, 4) is 5.75 Å². The average molecular weight is 283 g/mol. The molecule has 20 heavy (non-hydrogen) atoms. The Kier molecular flexibility index (Phi) is 5.31. The molecular formula is C14H18FNO4. The predicted molar refractivity (Wildman–Crippen MR) is 70.1 cm³/mol. The monoisotopic (exact) mass is 283 g/mol. The number of carbonyl (C=O) groups excluding carboxylic acids is 1. The number of benzene rings is 1. The molecule has 1 aromatic carbocycles. The molecule has 6 heteroatoms. The lowest BCUT2D eigenvalue weighted by molar-refractivity contribution is -0.144. The minimum atomic E-state index is -0.394.